The van der Waals surface area contributed by atoms with E-state index in [-0.39, 0.29) is 51.0 Å². The summed E-state index contributed by atoms with van der Waals surface area (Å²) in [5.41, 5.74) is 4.97. The van der Waals surface area contributed by atoms with Gasteiger partial charge in [-0.2, -0.15) is 11.3 Å². The Labute approximate surface area is 215 Å². The van der Waals surface area contributed by atoms with Crippen molar-refractivity contribution >= 4 is 27.8 Å². The molecule has 1 aliphatic carbocycles. The number of hydrogen-bond donors (Lipinski definition) is 0. The second-order valence-corrected chi connectivity index (χ2v) is 8.02. The maximum atomic E-state index is 4.39. The summed E-state index contributed by atoms with van der Waals surface area (Å²) in [6.07, 6.45) is 11.8. The molecule has 1 radical (unpaired) electrons. The molecule has 1 aromatic heterocycles. The van der Waals surface area contributed by atoms with Crippen molar-refractivity contribution in [2.45, 2.75) is 33.1 Å². The molecule has 153 valence electrons. The van der Waals surface area contributed by atoms with Crippen LogP contribution in [-0.2, 0) is 32.6 Å². The molecule has 0 fully saturated rings. The van der Waals surface area contributed by atoms with Crippen molar-refractivity contribution in [1.29, 1.82) is 0 Å². The third-order valence-electron chi connectivity index (χ3n) is 4.83. The summed E-state index contributed by atoms with van der Waals surface area (Å²) in [6, 6.07) is 17.7. The van der Waals surface area contributed by atoms with Gasteiger partial charge in [0, 0.05) is 11.3 Å². The van der Waals surface area contributed by atoms with Crippen LogP contribution in [0.3, 0.4) is 0 Å². The quantitative estimate of drug-likeness (QED) is 0.452. The first-order valence-corrected chi connectivity index (χ1v) is 10.5. The largest absolute Gasteiger partial charge is 3.00 e. The SMILES string of the molecule is CCC1=NC2=CC=CC2=C1.CCCc1ccc(-c2cc3ccccc3[cH-]2)s1.[Cl-].[Cl-].[Zr+3]. The van der Waals surface area contributed by atoms with Crippen molar-refractivity contribution in [3.63, 3.8) is 0 Å². The van der Waals surface area contributed by atoms with E-state index in [0.717, 1.165) is 12.1 Å². The Morgan fingerprint density at radius 2 is 1.83 bits per heavy atom. The minimum absolute atomic E-state index is 0. The molecule has 5 heteroatoms. The van der Waals surface area contributed by atoms with Crippen LogP contribution >= 0.6 is 11.3 Å². The molecule has 3 aromatic rings. The van der Waals surface area contributed by atoms with Crippen molar-refractivity contribution in [3.8, 4) is 10.4 Å². The zero-order valence-corrected chi connectivity index (χ0v) is 21.9. The Balaban J connectivity index is 0.000000302. The minimum atomic E-state index is 0. The van der Waals surface area contributed by atoms with Crippen LogP contribution in [0, 0.1) is 0 Å². The molecular formula is C25H24Cl2NSZr. The number of fused-ring (bicyclic) bond motifs is 2. The second-order valence-electron chi connectivity index (χ2n) is 6.86. The fourth-order valence-corrected chi connectivity index (χ4v) is 4.50. The summed E-state index contributed by atoms with van der Waals surface area (Å²) in [6.45, 7) is 4.36. The topological polar surface area (TPSA) is 12.4 Å². The van der Waals surface area contributed by atoms with Crippen LogP contribution < -0.4 is 24.8 Å². The smallest absolute Gasteiger partial charge is 1.00 e. The molecule has 5 rings (SSSR count). The van der Waals surface area contributed by atoms with E-state index in [9.17, 15) is 0 Å². The fraction of sp³-hybridized carbons (Fsp3) is 0.200. The van der Waals surface area contributed by atoms with Gasteiger partial charge in [0.25, 0.3) is 0 Å². The van der Waals surface area contributed by atoms with Gasteiger partial charge >= 0.3 is 26.2 Å². The number of rotatable bonds is 4. The first-order valence-electron chi connectivity index (χ1n) is 9.69. The van der Waals surface area contributed by atoms with Gasteiger partial charge in [0.05, 0.1) is 5.70 Å². The van der Waals surface area contributed by atoms with E-state index in [0.29, 0.717) is 0 Å². The molecule has 0 atom stereocenters. The van der Waals surface area contributed by atoms with Gasteiger partial charge in [0.15, 0.2) is 0 Å². The molecule has 1 aliphatic heterocycles. The van der Waals surface area contributed by atoms with Crippen LogP contribution in [0.5, 0.6) is 0 Å². The maximum absolute atomic E-state index is 4.39. The Morgan fingerprint density at radius 1 is 1.03 bits per heavy atom. The molecule has 0 N–H and O–H groups in total. The monoisotopic (exact) mass is 530 g/mol. The zero-order chi connectivity index (χ0) is 18.6. The van der Waals surface area contributed by atoms with Gasteiger partial charge in [-0.05, 0) is 34.7 Å². The standard InChI is InChI=1S/C16H15S.C9H9N.2ClH.Zr/c1-2-5-15-8-9-16(17-15)14-10-12-6-3-4-7-13(12)11-14;1-2-8-6-7-4-3-5-9(7)10-8;;;/h3-4,6-11H,2,5H2,1H3;3-6H,2H2,1H3;2*1H;/q-1;;;;+3/p-2. The van der Waals surface area contributed by atoms with Gasteiger partial charge in [-0.1, -0.05) is 62.8 Å². The fourth-order valence-electron chi connectivity index (χ4n) is 3.40. The van der Waals surface area contributed by atoms with Gasteiger partial charge in [0.1, 0.15) is 0 Å². The Bertz CT molecular complexity index is 1050. The van der Waals surface area contributed by atoms with E-state index >= 15 is 0 Å². The van der Waals surface area contributed by atoms with Crippen molar-refractivity contribution < 1.29 is 51.0 Å². The number of nitrogens with zero attached hydrogens (tertiary/aromatic N) is 1. The van der Waals surface area contributed by atoms with Gasteiger partial charge in [-0.15, -0.1) is 34.5 Å². The Hall–Kier alpha value is -1.12. The molecule has 0 unspecified atom stereocenters. The van der Waals surface area contributed by atoms with Crippen molar-refractivity contribution in [1.82, 2.24) is 0 Å². The molecule has 2 aliphatic rings. The average Bonchev–Trinajstić information content (AvgIpc) is 3.44. The van der Waals surface area contributed by atoms with Crippen LogP contribution in [-0.4, -0.2) is 5.71 Å². The Kier molecular flexibility index (Phi) is 11.4. The van der Waals surface area contributed by atoms with Crippen molar-refractivity contribution in [2.24, 2.45) is 4.99 Å². The van der Waals surface area contributed by atoms with E-state index in [2.05, 4.69) is 85.6 Å². The normalized spacial score (nSPS) is 13.1. The number of aryl methyl sites for hydroxylation is 1. The number of allylic oxidation sites excluding steroid dienone is 4. The van der Waals surface area contributed by atoms with Crippen molar-refractivity contribution in [3.05, 3.63) is 89.0 Å². The van der Waals surface area contributed by atoms with Crippen LogP contribution in [0.25, 0.3) is 21.2 Å². The van der Waals surface area contributed by atoms with E-state index in [1.165, 1.54) is 50.2 Å². The maximum Gasteiger partial charge on any atom is 3.00 e. The van der Waals surface area contributed by atoms with Gasteiger partial charge in [-0.3, -0.25) is 4.99 Å². The molecule has 2 heterocycles. The summed E-state index contributed by atoms with van der Waals surface area (Å²) >= 11 is 1.93. The molecule has 2 aromatic carbocycles. The molecule has 0 saturated heterocycles. The Morgan fingerprint density at radius 3 is 2.53 bits per heavy atom. The molecule has 30 heavy (non-hydrogen) atoms. The zero-order valence-electron chi connectivity index (χ0n) is 17.2. The number of thiophene rings is 1. The van der Waals surface area contributed by atoms with Gasteiger partial charge in [-0.25, -0.2) is 0 Å². The third-order valence-corrected chi connectivity index (χ3v) is 6.03. The summed E-state index contributed by atoms with van der Waals surface area (Å²) in [7, 11) is 0. The first-order chi connectivity index (χ1) is 13.3. The number of aliphatic imine (C=N–C) groups is 1. The average molecular weight is 533 g/mol. The number of hydrogen-bond acceptors (Lipinski definition) is 2. The van der Waals surface area contributed by atoms with Crippen LogP contribution in [0.2, 0.25) is 0 Å². The summed E-state index contributed by atoms with van der Waals surface area (Å²) in [5, 5.41) is 2.68. The van der Waals surface area contributed by atoms with E-state index in [1.807, 2.05) is 17.4 Å². The van der Waals surface area contributed by atoms with Crippen LogP contribution in [0.15, 0.2) is 89.1 Å². The summed E-state index contributed by atoms with van der Waals surface area (Å²) in [5.74, 6) is 0. The third kappa shape index (κ3) is 6.20. The van der Waals surface area contributed by atoms with E-state index < -0.39 is 0 Å². The van der Waals surface area contributed by atoms with Crippen molar-refractivity contribution in [2.75, 3.05) is 0 Å². The second kappa shape index (κ2) is 12.7. The first kappa shape index (κ1) is 26.9. The molecular weight excluding hydrogens is 508 g/mol. The summed E-state index contributed by atoms with van der Waals surface area (Å²) < 4.78 is 0. The number of benzene rings is 1. The molecule has 0 amide bonds. The van der Waals surface area contributed by atoms with E-state index in [4.69, 9.17) is 0 Å². The predicted octanol–water partition coefficient (Wildman–Crippen LogP) is 1.48. The van der Waals surface area contributed by atoms with Crippen LogP contribution in [0.1, 0.15) is 31.6 Å². The summed E-state index contributed by atoms with van der Waals surface area (Å²) in [4.78, 5) is 7.28. The number of halogens is 2. The van der Waals surface area contributed by atoms with Gasteiger partial charge in [0.2, 0.25) is 0 Å². The van der Waals surface area contributed by atoms with E-state index in [1.54, 1.807) is 0 Å². The molecule has 0 saturated carbocycles. The van der Waals surface area contributed by atoms with Gasteiger partial charge < -0.3 is 24.8 Å². The molecule has 1 nitrogen and oxygen atoms in total. The molecule has 0 bridgehead atoms. The molecule has 0 spiro atoms. The minimum Gasteiger partial charge on any atom is -1.00 e. The predicted molar refractivity (Wildman–Crippen MR) is 120 cm³/mol. The van der Waals surface area contributed by atoms with Crippen LogP contribution in [0.4, 0.5) is 0 Å².